The lowest BCUT2D eigenvalue weighted by Gasteiger charge is -2.08. The van der Waals surface area contributed by atoms with Crippen LogP contribution in [0.1, 0.15) is 31.8 Å². The number of nitriles is 1. The molecule has 0 unspecified atom stereocenters. The predicted octanol–water partition coefficient (Wildman–Crippen LogP) is 4.68. The molecule has 6 nitrogen and oxygen atoms in total. The number of rotatable bonds is 5. The van der Waals surface area contributed by atoms with Crippen molar-refractivity contribution in [2.45, 2.75) is 0 Å². The van der Waals surface area contributed by atoms with Crippen LogP contribution in [0.3, 0.4) is 0 Å². The number of nitrogens with zero attached hydrogens (tertiary/aromatic N) is 2. The van der Waals surface area contributed by atoms with Crippen molar-refractivity contribution >= 4 is 41.6 Å². The standard InChI is InChI=1S/C22H12F2N4O2S/c23-17-3-4-18(28-31)20(24)19(17)21(30)16-9-27-22-15(16)6-14(8-26-22)11-1-2-12(10-29)13(5-11)7-25/h1-6,8-10,28,31H,(H,26,27). The molecule has 0 saturated heterocycles. The van der Waals surface area contributed by atoms with E-state index in [-0.39, 0.29) is 22.4 Å². The normalized spacial score (nSPS) is 10.6. The molecule has 9 heteroatoms. The fourth-order valence-electron chi connectivity index (χ4n) is 3.27. The summed E-state index contributed by atoms with van der Waals surface area (Å²) in [6, 6.07) is 10.4. The van der Waals surface area contributed by atoms with E-state index in [1.54, 1.807) is 12.1 Å². The van der Waals surface area contributed by atoms with Crippen LogP contribution in [-0.4, -0.2) is 22.0 Å². The SMILES string of the molecule is N#Cc1cc(-c2cnc3[nH]cc(C(=O)c4c(F)ccc(NS)c4F)c3c2)ccc1C=O. The second kappa shape index (κ2) is 8.01. The van der Waals surface area contributed by atoms with Gasteiger partial charge in [0.1, 0.15) is 11.5 Å². The molecular formula is C22H12F2N4O2S. The Morgan fingerprint density at radius 1 is 1.19 bits per heavy atom. The number of aromatic amines is 1. The highest BCUT2D eigenvalue weighted by atomic mass is 32.1. The van der Waals surface area contributed by atoms with E-state index in [4.69, 9.17) is 0 Å². The monoisotopic (exact) mass is 434 g/mol. The Bertz CT molecular complexity index is 1410. The summed E-state index contributed by atoms with van der Waals surface area (Å²) in [5, 5.41) is 9.59. The average Bonchev–Trinajstić information content (AvgIpc) is 3.22. The van der Waals surface area contributed by atoms with Crippen molar-refractivity contribution in [3.63, 3.8) is 0 Å². The van der Waals surface area contributed by atoms with E-state index in [0.29, 0.717) is 28.4 Å². The number of hydrogen-bond donors (Lipinski definition) is 3. The summed E-state index contributed by atoms with van der Waals surface area (Å²) in [5.41, 5.74) is 1.12. The third-order valence-electron chi connectivity index (χ3n) is 4.85. The van der Waals surface area contributed by atoms with Gasteiger partial charge in [-0.2, -0.15) is 5.26 Å². The first kappa shape index (κ1) is 20.3. The number of thiol groups is 1. The second-order valence-corrected chi connectivity index (χ2v) is 6.80. The van der Waals surface area contributed by atoms with Gasteiger partial charge in [0.15, 0.2) is 12.1 Å². The third-order valence-corrected chi connectivity index (χ3v) is 5.09. The van der Waals surface area contributed by atoms with Gasteiger partial charge in [0.2, 0.25) is 5.78 Å². The van der Waals surface area contributed by atoms with Crippen LogP contribution in [0.2, 0.25) is 0 Å². The quantitative estimate of drug-likeness (QED) is 0.241. The molecule has 0 bridgehead atoms. The number of halogens is 2. The van der Waals surface area contributed by atoms with E-state index in [1.807, 2.05) is 6.07 Å². The summed E-state index contributed by atoms with van der Waals surface area (Å²) in [6.45, 7) is 0. The van der Waals surface area contributed by atoms with Gasteiger partial charge in [-0.15, -0.1) is 0 Å². The number of hydrogen-bond acceptors (Lipinski definition) is 6. The number of pyridine rings is 1. The van der Waals surface area contributed by atoms with Crippen molar-refractivity contribution in [3.8, 4) is 17.2 Å². The van der Waals surface area contributed by atoms with Crippen molar-refractivity contribution in [1.82, 2.24) is 9.97 Å². The second-order valence-electron chi connectivity index (χ2n) is 6.58. The van der Waals surface area contributed by atoms with E-state index in [1.165, 1.54) is 24.5 Å². The maximum absolute atomic E-state index is 14.6. The van der Waals surface area contributed by atoms with Crippen LogP contribution in [0.5, 0.6) is 0 Å². The van der Waals surface area contributed by atoms with Crippen LogP contribution < -0.4 is 4.72 Å². The highest BCUT2D eigenvalue weighted by Gasteiger charge is 2.24. The Balaban J connectivity index is 1.85. The molecular weight excluding hydrogens is 422 g/mol. The number of H-pyrrole nitrogens is 1. The van der Waals surface area contributed by atoms with Gasteiger partial charge in [0, 0.05) is 34.5 Å². The number of ketones is 1. The number of carbonyl (C=O) groups excluding carboxylic acids is 2. The van der Waals surface area contributed by atoms with Gasteiger partial charge < -0.3 is 9.71 Å². The maximum Gasteiger partial charge on any atom is 0.201 e. The lowest BCUT2D eigenvalue weighted by atomic mass is 9.98. The Morgan fingerprint density at radius 3 is 2.71 bits per heavy atom. The van der Waals surface area contributed by atoms with Crippen LogP contribution in [0.4, 0.5) is 14.5 Å². The van der Waals surface area contributed by atoms with Gasteiger partial charge in [-0.05, 0) is 35.9 Å². The van der Waals surface area contributed by atoms with Gasteiger partial charge in [0.05, 0.1) is 22.9 Å². The number of fused-ring (bicyclic) bond motifs is 1. The minimum atomic E-state index is -1.05. The Kier molecular flexibility index (Phi) is 5.23. The van der Waals surface area contributed by atoms with Crippen molar-refractivity contribution in [1.29, 1.82) is 5.26 Å². The lowest BCUT2D eigenvalue weighted by molar-refractivity contribution is 0.103. The highest BCUT2D eigenvalue weighted by molar-refractivity contribution is 7.81. The summed E-state index contributed by atoms with van der Waals surface area (Å²) in [6.07, 6.45) is 3.44. The number of benzene rings is 2. The molecule has 2 aromatic carbocycles. The van der Waals surface area contributed by atoms with Gasteiger partial charge in [0.25, 0.3) is 0 Å². The number of carbonyl (C=O) groups is 2. The van der Waals surface area contributed by atoms with Crippen molar-refractivity contribution in [2.75, 3.05) is 4.72 Å². The van der Waals surface area contributed by atoms with Crippen LogP contribution >= 0.6 is 12.8 Å². The molecule has 31 heavy (non-hydrogen) atoms. The summed E-state index contributed by atoms with van der Waals surface area (Å²) in [7, 11) is 0. The molecule has 2 aromatic heterocycles. The molecule has 2 N–H and O–H groups in total. The van der Waals surface area contributed by atoms with Gasteiger partial charge in [-0.1, -0.05) is 18.9 Å². The van der Waals surface area contributed by atoms with Crippen molar-refractivity contribution in [3.05, 3.63) is 82.7 Å². The molecule has 0 atom stereocenters. The molecule has 0 spiro atoms. The van der Waals surface area contributed by atoms with E-state index < -0.39 is 23.0 Å². The van der Waals surface area contributed by atoms with Crippen molar-refractivity contribution < 1.29 is 18.4 Å². The molecule has 0 aliphatic heterocycles. The zero-order valence-electron chi connectivity index (χ0n) is 15.6. The fourth-order valence-corrected chi connectivity index (χ4v) is 3.44. The van der Waals surface area contributed by atoms with Crippen LogP contribution in [0.25, 0.3) is 22.2 Å². The number of aromatic nitrogens is 2. The van der Waals surface area contributed by atoms with E-state index in [2.05, 4.69) is 27.5 Å². The molecule has 0 amide bonds. The molecule has 4 rings (SSSR count). The van der Waals surface area contributed by atoms with Crippen LogP contribution in [0.15, 0.2) is 48.8 Å². The summed E-state index contributed by atoms with van der Waals surface area (Å²) >= 11 is 3.76. The van der Waals surface area contributed by atoms with E-state index in [0.717, 1.165) is 12.1 Å². The maximum atomic E-state index is 14.6. The summed E-state index contributed by atoms with van der Waals surface area (Å²) < 4.78 is 31.2. The molecule has 0 aliphatic rings. The fraction of sp³-hybridized carbons (Fsp3) is 0. The number of aldehydes is 1. The first-order chi connectivity index (χ1) is 15.0. The van der Waals surface area contributed by atoms with Gasteiger partial charge in [-0.25, -0.2) is 13.8 Å². The zero-order chi connectivity index (χ0) is 22.1. The molecule has 4 aromatic rings. The first-order valence-corrected chi connectivity index (χ1v) is 9.32. The Morgan fingerprint density at radius 2 is 2.00 bits per heavy atom. The van der Waals surface area contributed by atoms with E-state index in [9.17, 15) is 23.6 Å². The predicted molar refractivity (Wildman–Crippen MR) is 114 cm³/mol. The topological polar surface area (TPSA) is 98.6 Å². The average molecular weight is 434 g/mol. The first-order valence-electron chi connectivity index (χ1n) is 8.88. The van der Waals surface area contributed by atoms with Gasteiger partial charge in [-0.3, -0.25) is 9.59 Å². The lowest BCUT2D eigenvalue weighted by Crippen LogP contribution is -2.08. The molecule has 0 fully saturated rings. The van der Waals surface area contributed by atoms with Crippen molar-refractivity contribution in [2.24, 2.45) is 0 Å². The molecule has 0 radical (unpaired) electrons. The van der Waals surface area contributed by atoms with Gasteiger partial charge >= 0.3 is 0 Å². The number of nitrogens with one attached hydrogen (secondary N) is 2. The minimum absolute atomic E-state index is 0.0310. The molecule has 2 heterocycles. The smallest absolute Gasteiger partial charge is 0.201 e. The van der Waals surface area contributed by atoms with Crippen LogP contribution in [0, 0.1) is 23.0 Å². The zero-order valence-corrected chi connectivity index (χ0v) is 16.5. The Hall–Kier alpha value is -4.03. The van der Waals surface area contributed by atoms with Crippen LogP contribution in [-0.2, 0) is 0 Å². The Labute approximate surface area is 180 Å². The largest absolute Gasteiger partial charge is 0.345 e. The number of anilines is 1. The highest BCUT2D eigenvalue weighted by Crippen LogP contribution is 2.30. The summed E-state index contributed by atoms with van der Waals surface area (Å²) in [4.78, 5) is 31.1. The molecule has 0 saturated carbocycles. The minimum Gasteiger partial charge on any atom is -0.345 e. The molecule has 152 valence electrons. The summed E-state index contributed by atoms with van der Waals surface area (Å²) in [5.74, 6) is -2.92. The molecule has 0 aliphatic carbocycles. The third kappa shape index (κ3) is 3.43. The van der Waals surface area contributed by atoms with E-state index >= 15 is 0 Å².